The monoisotopic (exact) mass is 621 g/mol. The number of nitrogen functional groups attached to an aromatic ring is 1. The van der Waals surface area contributed by atoms with Gasteiger partial charge in [-0.3, -0.25) is 0 Å². The first kappa shape index (κ1) is 21.5. The van der Waals surface area contributed by atoms with E-state index in [9.17, 15) is 0 Å². The number of aryl methyl sites for hydroxylation is 2. The van der Waals surface area contributed by atoms with Gasteiger partial charge < -0.3 is 19.8 Å². The van der Waals surface area contributed by atoms with Crippen LogP contribution in [0, 0.1) is 3.57 Å². The Kier molecular flexibility index (Phi) is 6.24. The Hall–Kier alpha value is -2.31. The molecule has 3 heterocycles. The summed E-state index contributed by atoms with van der Waals surface area (Å²) in [5, 5.41) is 1.11. The average Bonchev–Trinajstić information content (AvgIpc) is 3.42. The van der Waals surface area contributed by atoms with Crippen LogP contribution >= 0.6 is 50.3 Å². The molecule has 2 aromatic carbocycles. The number of benzene rings is 2. The summed E-state index contributed by atoms with van der Waals surface area (Å²) < 4.78 is 15.7. The molecule has 1 unspecified atom stereocenters. The minimum Gasteiger partial charge on any atom is -0.454 e. The van der Waals surface area contributed by atoms with Gasteiger partial charge in [0.1, 0.15) is 6.26 Å². The Morgan fingerprint density at radius 2 is 2.03 bits per heavy atom. The lowest BCUT2D eigenvalue weighted by Gasteiger charge is -2.12. The van der Waals surface area contributed by atoms with E-state index in [4.69, 9.17) is 15.2 Å². The molecule has 3 aliphatic rings. The molecule has 0 spiro atoms. The maximum Gasteiger partial charge on any atom is 0.268 e. The van der Waals surface area contributed by atoms with E-state index < -0.39 is 6.29 Å². The maximum absolute atomic E-state index is 6.08. The first-order valence-electron chi connectivity index (χ1n) is 9.74. The van der Waals surface area contributed by atoms with Crippen LogP contribution < -0.4 is 5.73 Å². The fraction of sp³-hybridized carbons (Fsp3) is 0.136. The number of hydrogen-bond donors (Lipinski definition) is 1. The van der Waals surface area contributed by atoms with Crippen LogP contribution in [0.15, 0.2) is 75.8 Å². The minimum atomic E-state index is -0.511. The Balaban J connectivity index is 1.32. The molecule has 5 rings (SSSR count). The van der Waals surface area contributed by atoms with Gasteiger partial charge in [0.05, 0.1) is 6.33 Å². The summed E-state index contributed by atoms with van der Waals surface area (Å²) in [5.74, 6) is 1.06. The van der Waals surface area contributed by atoms with E-state index in [-0.39, 0.29) is 0 Å². The van der Waals surface area contributed by atoms with Crippen molar-refractivity contribution < 1.29 is 9.47 Å². The summed E-state index contributed by atoms with van der Waals surface area (Å²) in [5.41, 5.74) is 8.82. The van der Waals surface area contributed by atoms with E-state index in [1.54, 1.807) is 12.6 Å². The van der Waals surface area contributed by atoms with Crippen molar-refractivity contribution in [3.05, 3.63) is 85.4 Å². The normalized spacial score (nSPS) is 15.4. The molecule has 0 aromatic heterocycles. The number of ether oxygens (including phenoxy) is 2. The number of nitrogens with two attached hydrogens (primary N) is 1. The Morgan fingerprint density at radius 3 is 2.88 bits per heavy atom. The Bertz CT molecular complexity index is 1280. The van der Waals surface area contributed by atoms with Crippen molar-refractivity contribution in [2.24, 2.45) is 0 Å². The number of hydrogen-bond acceptors (Lipinski definition) is 7. The molecule has 2 aromatic rings. The summed E-state index contributed by atoms with van der Waals surface area (Å²) in [6, 6.07) is 16.2. The lowest BCUT2D eigenvalue weighted by molar-refractivity contribution is -0.0278. The third kappa shape index (κ3) is 4.57. The van der Waals surface area contributed by atoms with E-state index in [2.05, 4.69) is 77.7 Å². The van der Waals surface area contributed by atoms with Crippen molar-refractivity contribution in [1.29, 1.82) is 0 Å². The minimum absolute atomic E-state index is 0.355. The molecular formula is C22H17BrIN5O2S. The molecular weight excluding hydrogens is 605 g/mol. The summed E-state index contributed by atoms with van der Waals surface area (Å²) in [7, 11) is 0. The number of thioether (sulfide) groups is 1. The molecule has 2 N–H and O–H groups in total. The molecule has 162 valence electrons. The number of anilines is 1. The van der Waals surface area contributed by atoms with E-state index in [0.717, 1.165) is 23.0 Å². The highest BCUT2D eigenvalue weighted by Crippen LogP contribution is 2.40. The first-order chi connectivity index (χ1) is 15.6. The van der Waals surface area contributed by atoms with Crippen LogP contribution in [0.25, 0.3) is 11.5 Å². The van der Waals surface area contributed by atoms with Crippen LogP contribution in [0.2, 0.25) is 0 Å². The Morgan fingerprint density at radius 1 is 1.16 bits per heavy atom. The van der Waals surface area contributed by atoms with Crippen LogP contribution in [0.5, 0.6) is 0 Å². The maximum atomic E-state index is 6.08. The lowest BCUT2D eigenvalue weighted by Crippen LogP contribution is -2.10. The third-order valence-electron chi connectivity index (χ3n) is 4.86. The summed E-state index contributed by atoms with van der Waals surface area (Å²) >= 11 is 7.14. The fourth-order valence-corrected chi connectivity index (χ4v) is 5.07. The molecule has 0 fully saturated rings. The highest BCUT2D eigenvalue weighted by Gasteiger charge is 2.26. The van der Waals surface area contributed by atoms with Gasteiger partial charge in [-0.25, -0.2) is 15.0 Å². The predicted octanol–water partition coefficient (Wildman–Crippen LogP) is 5.61. The van der Waals surface area contributed by atoms with Crippen molar-refractivity contribution in [2.75, 3.05) is 5.73 Å². The molecule has 3 aliphatic heterocycles. The highest BCUT2D eigenvalue weighted by atomic mass is 127. The number of aromatic nitrogens is 4. The number of rotatable bonds is 6. The summed E-state index contributed by atoms with van der Waals surface area (Å²) in [4.78, 5) is 13.6. The summed E-state index contributed by atoms with van der Waals surface area (Å²) in [6.45, 7) is 0.721. The molecule has 10 heteroatoms. The quantitative estimate of drug-likeness (QED) is 0.280. The first-order valence-corrected chi connectivity index (χ1v) is 12.4. The molecule has 32 heavy (non-hydrogen) atoms. The van der Waals surface area contributed by atoms with Crippen molar-refractivity contribution in [2.45, 2.75) is 24.4 Å². The van der Waals surface area contributed by atoms with Crippen molar-refractivity contribution >= 4 is 56.1 Å². The second-order valence-electron chi connectivity index (χ2n) is 7.03. The average molecular weight is 622 g/mol. The molecule has 0 bridgehead atoms. The molecule has 0 saturated heterocycles. The van der Waals surface area contributed by atoms with Crippen LogP contribution in [-0.4, -0.2) is 19.5 Å². The van der Waals surface area contributed by atoms with Gasteiger partial charge in [-0.05, 0) is 64.5 Å². The largest absolute Gasteiger partial charge is 0.454 e. The predicted molar refractivity (Wildman–Crippen MR) is 135 cm³/mol. The van der Waals surface area contributed by atoms with Crippen LogP contribution in [0.3, 0.4) is 0 Å². The third-order valence-corrected chi connectivity index (χ3v) is 7.02. The highest BCUT2D eigenvalue weighted by molar-refractivity contribution is 14.1. The second-order valence-corrected chi connectivity index (χ2v) is 10.1. The number of fused-ring (bicyclic) bond motifs is 1. The van der Waals surface area contributed by atoms with E-state index >= 15 is 0 Å². The number of imidazole rings is 1. The van der Waals surface area contributed by atoms with Gasteiger partial charge in [0.2, 0.25) is 5.09 Å². The van der Waals surface area contributed by atoms with Crippen LogP contribution in [0.4, 0.5) is 5.82 Å². The molecule has 0 amide bonds. The van der Waals surface area contributed by atoms with E-state index in [1.165, 1.54) is 20.9 Å². The summed E-state index contributed by atoms with van der Waals surface area (Å²) in [6.07, 6.45) is 3.64. The van der Waals surface area contributed by atoms with Gasteiger partial charge in [-0.15, -0.1) is 0 Å². The van der Waals surface area contributed by atoms with Crippen molar-refractivity contribution in [3.63, 3.8) is 0 Å². The number of nitrogens with zero attached hydrogens (tertiary/aromatic N) is 4. The molecule has 7 nitrogen and oxygen atoms in total. The lowest BCUT2D eigenvalue weighted by atomic mass is 10.1. The van der Waals surface area contributed by atoms with Gasteiger partial charge in [0.25, 0.3) is 6.29 Å². The van der Waals surface area contributed by atoms with Gasteiger partial charge in [-0.1, -0.05) is 46.3 Å². The van der Waals surface area contributed by atoms with Gasteiger partial charge in [0, 0.05) is 20.2 Å². The standard InChI is InChI=1S/C22H17BrIN5O2S/c23-16-7-2-1-6-15(16)21-30-11-17(31-21)32-22-27-18-19(25)26-12-29(20(18)28-22)9-8-13-4-3-5-14(24)10-13/h1-7,10-12,21H,8-9,25H2. The van der Waals surface area contributed by atoms with E-state index in [0.29, 0.717) is 27.6 Å². The SMILES string of the molecule is Nc1ncn(CCc2cccc(I)c2)c2nc(SC3=COC(c4ccccc4Br)O3)nc1-2. The molecule has 0 radical (unpaired) electrons. The van der Waals surface area contributed by atoms with E-state index in [1.807, 2.05) is 28.8 Å². The van der Waals surface area contributed by atoms with Crippen LogP contribution in [0.1, 0.15) is 17.4 Å². The topological polar surface area (TPSA) is 88.1 Å². The molecule has 0 saturated carbocycles. The zero-order valence-corrected chi connectivity index (χ0v) is 21.2. The van der Waals surface area contributed by atoms with Crippen molar-refractivity contribution in [1.82, 2.24) is 19.5 Å². The second kappa shape index (κ2) is 9.28. The van der Waals surface area contributed by atoms with Gasteiger partial charge in [-0.2, -0.15) is 0 Å². The smallest absolute Gasteiger partial charge is 0.268 e. The number of halogens is 2. The molecule has 0 aliphatic carbocycles. The van der Waals surface area contributed by atoms with Crippen molar-refractivity contribution in [3.8, 4) is 11.5 Å². The van der Waals surface area contributed by atoms with Gasteiger partial charge in [0.15, 0.2) is 22.5 Å². The zero-order chi connectivity index (χ0) is 22.1. The zero-order valence-electron chi connectivity index (χ0n) is 16.6. The van der Waals surface area contributed by atoms with Crippen LogP contribution in [-0.2, 0) is 22.4 Å². The van der Waals surface area contributed by atoms with Gasteiger partial charge >= 0.3 is 0 Å². The fourth-order valence-electron chi connectivity index (χ4n) is 3.30. The Labute approximate surface area is 211 Å². The molecule has 1 atom stereocenters.